The molecule has 0 bridgehead atoms. The maximum absolute atomic E-state index is 11.2. The second kappa shape index (κ2) is 4.44. The minimum atomic E-state index is -0.509. The average Bonchev–Trinajstić information content (AvgIpc) is 2.29. The number of hydrogen-bond acceptors (Lipinski definition) is 4. The van der Waals surface area contributed by atoms with Crippen molar-refractivity contribution >= 4 is 16.7 Å². The van der Waals surface area contributed by atoms with Crippen molar-refractivity contribution in [1.82, 2.24) is 0 Å². The Morgan fingerprint density at radius 1 is 1.50 bits per heavy atom. The van der Waals surface area contributed by atoms with E-state index in [4.69, 9.17) is 4.42 Å². The van der Waals surface area contributed by atoms with Crippen LogP contribution in [-0.4, -0.2) is 4.92 Å². The normalized spacial score (nSPS) is 10.5. The van der Waals surface area contributed by atoms with Crippen LogP contribution in [0, 0.1) is 17.0 Å². The van der Waals surface area contributed by atoms with Gasteiger partial charge in [-0.3, -0.25) is 10.1 Å². The number of fused-ring (bicyclic) bond motifs is 1. The van der Waals surface area contributed by atoms with E-state index in [9.17, 15) is 14.9 Å². The maximum atomic E-state index is 11.2. The van der Waals surface area contributed by atoms with Crippen LogP contribution in [0.3, 0.4) is 0 Å². The van der Waals surface area contributed by atoms with Crippen molar-refractivity contribution in [2.24, 2.45) is 0 Å². The average molecular weight is 245 g/mol. The lowest BCUT2D eigenvalue weighted by atomic mass is 10.0. The van der Waals surface area contributed by atoms with Crippen LogP contribution in [0.25, 0.3) is 11.0 Å². The molecule has 2 rings (SSSR count). The third kappa shape index (κ3) is 1.90. The fraction of sp³-hybridized carbons (Fsp3) is 0.154. The molecular weight excluding hydrogens is 234 g/mol. The molecule has 0 aliphatic heterocycles. The molecule has 1 aromatic carbocycles. The lowest BCUT2D eigenvalue weighted by Crippen LogP contribution is -2.02. The van der Waals surface area contributed by atoms with E-state index in [2.05, 4.69) is 6.58 Å². The first-order valence-corrected chi connectivity index (χ1v) is 5.36. The van der Waals surface area contributed by atoms with Crippen LogP contribution in [-0.2, 0) is 6.42 Å². The summed E-state index contributed by atoms with van der Waals surface area (Å²) in [5.74, 6) is 0. The lowest BCUT2D eigenvalue weighted by molar-refractivity contribution is -0.383. The molecule has 0 N–H and O–H groups in total. The summed E-state index contributed by atoms with van der Waals surface area (Å²) in [6.07, 6.45) is 1.99. The molecule has 18 heavy (non-hydrogen) atoms. The van der Waals surface area contributed by atoms with Gasteiger partial charge in [-0.1, -0.05) is 6.08 Å². The summed E-state index contributed by atoms with van der Waals surface area (Å²) in [5, 5.41) is 11.6. The number of nitro groups is 1. The molecule has 0 amide bonds. The number of hydrogen-bond donors (Lipinski definition) is 0. The zero-order valence-electron chi connectivity index (χ0n) is 9.80. The first kappa shape index (κ1) is 12.0. The Labute approximate surface area is 103 Å². The Morgan fingerprint density at radius 3 is 2.83 bits per heavy atom. The van der Waals surface area contributed by atoms with Crippen molar-refractivity contribution in [3.63, 3.8) is 0 Å². The van der Waals surface area contributed by atoms with Gasteiger partial charge in [0.05, 0.1) is 10.3 Å². The molecule has 1 heterocycles. The second-order valence-electron chi connectivity index (χ2n) is 3.94. The zero-order valence-corrected chi connectivity index (χ0v) is 9.80. The fourth-order valence-electron chi connectivity index (χ4n) is 2.00. The van der Waals surface area contributed by atoms with Crippen molar-refractivity contribution in [2.75, 3.05) is 0 Å². The molecule has 0 fully saturated rings. The summed E-state index contributed by atoms with van der Waals surface area (Å²) in [4.78, 5) is 22.0. The molecule has 0 saturated carbocycles. The Hall–Kier alpha value is -2.43. The van der Waals surface area contributed by atoms with Crippen LogP contribution in [0.5, 0.6) is 0 Å². The van der Waals surface area contributed by atoms with E-state index in [0.717, 1.165) is 0 Å². The van der Waals surface area contributed by atoms with Gasteiger partial charge >= 0.3 is 5.63 Å². The van der Waals surface area contributed by atoms with Crippen LogP contribution in [0.2, 0.25) is 0 Å². The SMILES string of the molecule is C=CCc1ccc2oc(=O)cc(C)c2c1[N+](=O)[O-]. The predicted molar refractivity (Wildman–Crippen MR) is 67.8 cm³/mol. The molecule has 0 spiro atoms. The zero-order chi connectivity index (χ0) is 13.3. The topological polar surface area (TPSA) is 73.3 Å². The number of allylic oxidation sites excluding steroid dienone is 1. The van der Waals surface area contributed by atoms with Crippen LogP contribution in [0.1, 0.15) is 11.1 Å². The van der Waals surface area contributed by atoms with Crippen LogP contribution in [0.15, 0.2) is 40.1 Å². The quantitative estimate of drug-likeness (QED) is 0.360. The van der Waals surface area contributed by atoms with Crippen LogP contribution < -0.4 is 5.63 Å². The van der Waals surface area contributed by atoms with Gasteiger partial charge in [0.25, 0.3) is 5.69 Å². The largest absolute Gasteiger partial charge is 0.422 e. The molecule has 0 unspecified atom stereocenters. The second-order valence-corrected chi connectivity index (χ2v) is 3.94. The van der Waals surface area contributed by atoms with Crippen molar-refractivity contribution in [3.8, 4) is 0 Å². The molecule has 5 heteroatoms. The molecule has 0 aliphatic rings. The van der Waals surface area contributed by atoms with Crippen molar-refractivity contribution in [3.05, 3.63) is 62.5 Å². The summed E-state index contributed by atoms with van der Waals surface area (Å²) in [6, 6.07) is 4.42. The minimum Gasteiger partial charge on any atom is -0.422 e. The molecular formula is C13H11NO4. The number of nitro benzene ring substituents is 1. The van der Waals surface area contributed by atoms with Crippen molar-refractivity contribution < 1.29 is 9.34 Å². The lowest BCUT2D eigenvalue weighted by Gasteiger charge is -2.05. The van der Waals surface area contributed by atoms with Gasteiger partial charge in [0.1, 0.15) is 5.58 Å². The molecule has 0 saturated heterocycles. The van der Waals surface area contributed by atoms with E-state index in [-0.39, 0.29) is 11.3 Å². The third-order valence-electron chi connectivity index (χ3n) is 2.71. The molecule has 0 aliphatic carbocycles. The van der Waals surface area contributed by atoms with E-state index in [0.29, 0.717) is 22.9 Å². The monoisotopic (exact) mass is 245 g/mol. The summed E-state index contributed by atoms with van der Waals surface area (Å²) in [7, 11) is 0. The summed E-state index contributed by atoms with van der Waals surface area (Å²) in [5.41, 5.74) is 0.803. The van der Waals surface area contributed by atoms with Crippen molar-refractivity contribution in [2.45, 2.75) is 13.3 Å². The third-order valence-corrected chi connectivity index (χ3v) is 2.71. The van der Waals surface area contributed by atoms with Gasteiger partial charge in [0.15, 0.2) is 0 Å². The van der Waals surface area contributed by atoms with Gasteiger partial charge in [0.2, 0.25) is 0 Å². The van der Waals surface area contributed by atoms with Gasteiger partial charge in [-0.2, -0.15) is 0 Å². The molecule has 92 valence electrons. The molecule has 2 aromatic rings. The highest BCUT2D eigenvalue weighted by atomic mass is 16.6. The summed E-state index contributed by atoms with van der Waals surface area (Å²) >= 11 is 0. The van der Waals surface area contributed by atoms with E-state index in [1.807, 2.05) is 0 Å². The van der Waals surface area contributed by atoms with E-state index >= 15 is 0 Å². The Morgan fingerprint density at radius 2 is 2.22 bits per heavy atom. The number of nitrogens with zero attached hydrogens (tertiary/aromatic N) is 1. The number of rotatable bonds is 3. The number of aryl methyl sites for hydroxylation is 1. The summed E-state index contributed by atoms with van der Waals surface area (Å²) < 4.78 is 4.98. The van der Waals surface area contributed by atoms with E-state index in [1.54, 1.807) is 25.1 Å². The van der Waals surface area contributed by atoms with Gasteiger partial charge < -0.3 is 4.42 Å². The van der Waals surface area contributed by atoms with E-state index in [1.165, 1.54) is 6.07 Å². The van der Waals surface area contributed by atoms with Crippen LogP contribution in [0.4, 0.5) is 5.69 Å². The highest BCUT2D eigenvalue weighted by molar-refractivity contribution is 5.91. The molecule has 1 aromatic heterocycles. The van der Waals surface area contributed by atoms with Gasteiger partial charge in [-0.25, -0.2) is 4.79 Å². The first-order valence-electron chi connectivity index (χ1n) is 5.36. The first-order chi connectivity index (χ1) is 8.54. The molecule has 5 nitrogen and oxygen atoms in total. The minimum absolute atomic E-state index is 0.0198. The highest BCUT2D eigenvalue weighted by Gasteiger charge is 2.20. The predicted octanol–water partition coefficient (Wildman–Crippen LogP) is 2.74. The van der Waals surface area contributed by atoms with Gasteiger partial charge in [-0.15, -0.1) is 6.58 Å². The van der Waals surface area contributed by atoms with Gasteiger partial charge in [0, 0.05) is 11.6 Å². The standard InChI is InChI=1S/C13H11NO4/c1-3-4-9-5-6-10-12(13(9)14(16)17)8(2)7-11(15)18-10/h3,5-7H,1,4H2,2H3. The van der Waals surface area contributed by atoms with Gasteiger partial charge in [-0.05, 0) is 31.0 Å². The maximum Gasteiger partial charge on any atom is 0.336 e. The molecule has 0 atom stereocenters. The molecule has 0 radical (unpaired) electrons. The highest BCUT2D eigenvalue weighted by Crippen LogP contribution is 2.31. The van der Waals surface area contributed by atoms with Crippen LogP contribution >= 0.6 is 0 Å². The Balaban J connectivity index is 2.93. The Kier molecular flexibility index (Phi) is 2.97. The summed E-state index contributed by atoms with van der Waals surface area (Å²) in [6.45, 7) is 5.23. The number of benzene rings is 1. The van der Waals surface area contributed by atoms with Crippen molar-refractivity contribution in [1.29, 1.82) is 0 Å². The fourth-order valence-corrected chi connectivity index (χ4v) is 2.00. The smallest absolute Gasteiger partial charge is 0.336 e. The van der Waals surface area contributed by atoms with E-state index < -0.39 is 10.5 Å². The Bertz CT molecular complexity index is 700.